The van der Waals surface area contributed by atoms with Gasteiger partial charge in [-0.15, -0.1) is 11.3 Å². The van der Waals surface area contributed by atoms with Gasteiger partial charge in [-0.2, -0.15) is 13.2 Å². The molecule has 2 aromatic carbocycles. The van der Waals surface area contributed by atoms with Crippen molar-refractivity contribution < 1.29 is 22.8 Å². The first-order valence-corrected chi connectivity index (χ1v) is 12.6. The lowest BCUT2D eigenvalue weighted by Crippen LogP contribution is -2.41. The number of thiophene rings is 1. The smallest absolute Gasteiger partial charge is 0.338 e. The Bertz CT molecular complexity index is 1240. The van der Waals surface area contributed by atoms with E-state index in [2.05, 4.69) is 11.4 Å². The van der Waals surface area contributed by atoms with Crippen LogP contribution in [0.1, 0.15) is 51.6 Å². The molecule has 5 rings (SSSR count). The van der Waals surface area contributed by atoms with Crippen LogP contribution in [0.25, 0.3) is 0 Å². The van der Waals surface area contributed by atoms with Crippen molar-refractivity contribution in [3.63, 3.8) is 0 Å². The van der Waals surface area contributed by atoms with Gasteiger partial charge in [-0.1, -0.05) is 42.5 Å². The zero-order valence-electron chi connectivity index (χ0n) is 19.1. The quantitative estimate of drug-likeness (QED) is 0.470. The van der Waals surface area contributed by atoms with E-state index >= 15 is 0 Å². The number of nitrogens with zero attached hydrogens (tertiary/aromatic N) is 2. The van der Waals surface area contributed by atoms with Crippen LogP contribution in [0, 0.1) is 0 Å². The summed E-state index contributed by atoms with van der Waals surface area (Å²) in [5.41, 5.74) is 2.35. The van der Waals surface area contributed by atoms with Crippen LogP contribution in [0.3, 0.4) is 0 Å². The van der Waals surface area contributed by atoms with Gasteiger partial charge in [0.1, 0.15) is 0 Å². The van der Waals surface area contributed by atoms with E-state index in [1.807, 2.05) is 35.2 Å². The first-order valence-electron chi connectivity index (χ1n) is 11.7. The third-order valence-corrected chi connectivity index (χ3v) is 7.87. The van der Waals surface area contributed by atoms with Gasteiger partial charge in [0.25, 0.3) is 0 Å². The van der Waals surface area contributed by atoms with Crippen LogP contribution in [0.15, 0.2) is 60.0 Å². The van der Waals surface area contributed by atoms with E-state index in [0.717, 1.165) is 23.6 Å². The number of amides is 2. The second-order valence-corrected chi connectivity index (χ2v) is 9.96. The summed E-state index contributed by atoms with van der Waals surface area (Å²) in [6.45, 7) is 0.958. The Balaban J connectivity index is 1.26. The molecule has 2 aliphatic heterocycles. The lowest BCUT2D eigenvalue weighted by Gasteiger charge is -2.36. The topological polar surface area (TPSA) is 40.6 Å². The maximum Gasteiger partial charge on any atom is 0.416 e. The van der Waals surface area contributed by atoms with E-state index in [0.29, 0.717) is 12.1 Å². The summed E-state index contributed by atoms with van der Waals surface area (Å²) in [6, 6.07) is 15.9. The van der Waals surface area contributed by atoms with E-state index in [1.165, 1.54) is 10.9 Å². The normalized spacial score (nSPS) is 17.6. The molecule has 2 aliphatic rings. The first-order chi connectivity index (χ1) is 16.8. The molecule has 3 heterocycles. The minimum Gasteiger partial charge on any atom is -0.338 e. The van der Waals surface area contributed by atoms with E-state index in [4.69, 9.17) is 0 Å². The summed E-state index contributed by atoms with van der Waals surface area (Å²) >= 11 is 1.70. The highest BCUT2D eigenvalue weighted by atomic mass is 32.1. The van der Waals surface area contributed by atoms with Crippen LogP contribution < -0.4 is 0 Å². The highest BCUT2D eigenvalue weighted by molar-refractivity contribution is 7.10. The molecule has 4 nitrogen and oxygen atoms in total. The molecule has 182 valence electrons. The number of benzene rings is 2. The monoisotopic (exact) mass is 498 g/mol. The number of halogens is 3. The average Bonchev–Trinajstić information content (AvgIpc) is 3.34. The van der Waals surface area contributed by atoms with Crippen molar-refractivity contribution in [1.82, 2.24) is 9.80 Å². The van der Waals surface area contributed by atoms with Gasteiger partial charge in [-0.05, 0) is 52.6 Å². The minimum absolute atomic E-state index is 0.0433. The third-order valence-electron chi connectivity index (χ3n) is 6.88. The van der Waals surface area contributed by atoms with Crippen molar-refractivity contribution in [1.29, 1.82) is 0 Å². The molecule has 0 aliphatic carbocycles. The molecule has 0 N–H and O–H groups in total. The summed E-state index contributed by atoms with van der Waals surface area (Å²) in [4.78, 5) is 30.9. The van der Waals surface area contributed by atoms with E-state index in [9.17, 15) is 22.8 Å². The summed E-state index contributed by atoms with van der Waals surface area (Å²) in [5.74, 6) is -0.285. The van der Waals surface area contributed by atoms with Crippen molar-refractivity contribution in [2.45, 2.75) is 44.4 Å². The highest BCUT2D eigenvalue weighted by Gasteiger charge is 2.36. The predicted molar refractivity (Wildman–Crippen MR) is 128 cm³/mol. The van der Waals surface area contributed by atoms with Gasteiger partial charge in [0.2, 0.25) is 11.8 Å². The summed E-state index contributed by atoms with van der Waals surface area (Å²) in [6.07, 6.45) is -3.33. The maximum atomic E-state index is 13.3. The molecule has 8 heteroatoms. The second kappa shape index (κ2) is 9.49. The lowest BCUT2D eigenvalue weighted by molar-refractivity contribution is -0.140. The Labute approximate surface area is 206 Å². The van der Waals surface area contributed by atoms with Crippen LogP contribution in [0.2, 0.25) is 0 Å². The van der Waals surface area contributed by atoms with Crippen molar-refractivity contribution >= 4 is 23.2 Å². The average molecular weight is 499 g/mol. The molecular weight excluding hydrogens is 473 g/mol. The summed E-state index contributed by atoms with van der Waals surface area (Å²) in [7, 11) is 0. The number of alkyl halides is 3. The molecule has 0 saturated carbocycles. The van der Waals surface area contributed by atoms with Gasteiger partial charge >= 0.3 is 6.18 Å². The number of rotatable bonds is 4. The molecule has 35 heavy (non-hydrogen) atoms. The van der Waals surface area contributed by atoms with Gasteiger partial charge < -0.3 is 9.80 Å². The largest absolute Gasteiger partial charge is 0.416 e. The van der Waals surface area contributed by atoms with Gasteiger partial charge in [0.05, 0.1) is 11.6 Å². The number of carbonyl (C=O) groups is 2. The van der Waals surface area contributed by atoms with E-state index in [1.54, 1.807) is 22.3 Å². The van der Waals surface area contributed by atoms with Gasteiger partial charge in [-0.3, -0.25) is 9.59 Å². The molecule has 0 fully saturated rings. The minimum atomic E-state index is -4.41. The predicted octanol–water partition coefficient (Wildman–Crippen LogP) is 5.61. The fraction of sp³-hybridized carbons (Fsp3) is 0.333. The summed E-state index contributed by atoms with van der Waals surface area (Å²) < 4.78 is 40.0. The van der Waals surface area contributed by atoms with Crippen LogP contribution in [0.5, 0.6) is 0 Å². The number of hydrogen-bond acceptors (Lipinski definition) is 3. The Morgan fingerprint density at radius 3 is 2.46 bits per heavy atom. The molecule has 0 bridgehead atoms. The number of carbonyl (C=O) groups excluding carboxylic acids is 2. The fourth-order valence-corrected chi connectivity index (χ4v) is 6.09. The standard InChI is InChI=1S/C27H25F3N2O2S/c28-27(29,30)22-8-4-7-19-17-31(14-11-20(19)22)24(33)9-10-25(34)32-15-12-23-21(13-16-35-23)26(32)18-5-2-1-3-6-18/h1-8,13,16,26H,9-12,14-15,17H2. The van der Waals surface area contributed by atoms with Crippen molar-refractivity contribution in [3.05, 3.63) is 92.7 Å². The number of fused-ring (bicyclic) bond motifs is 2. The first kappa shape index (κ1) is 23.6. The van der Waals surface area contributed by atoms with Crippen LogP contribution in [-0.4, -0.2) is 34.7 Å². The van der Waals surface area contributed by atoms with Crippen molar-refractivity contribution in [2.24, 2.45) is 0 Å². The Morgan fingerprint density at radius 1 is 0.914 bits per heavy atom. The Kier molecular flexibility index (Phi) is 6.40. The molecule has 0 saturated heterocycles. The molecule has 0 spiro atoms. The third kappa shape index (κ3) is 4.72. The van der Waals surface area contributed by atoms with E-state index in [-0.39, 0.29) is 55.8 Å². The van der Waals surface area contributed by atoms with E-state index < -0.39 is 11.7 Å². The fourth-order valence-electron chi connectivity index (χ4n) is 5.18. The van der Waals surface area contributed by atoms with Crippen molar-refractivity contribution in [3.8, 4) is 0 Å². The Morgan fingerprint density at radius 2 is 1.69 bits per heavy atom. The molecule has 0 radical (unpaired) electrons. The number of hydrogen-bond donors (Lipinski definition) is 0. The zero-order valence-corrected chi connectivity index (χ0v) is 19.9. The van der Waals surface area contributed by atoms with Crippen LogP contribution in [0.4, 0.5) is 13.2 Å². The summed E-state index contributed by atoms with van der Waals surface area (Å²) in [5, 5.41) is 2.05. The zero-order chi connectivity index (χ0) is 24.6. The van der Waals surface area contributed by atoms with Crippen LogP contribution >= 0.6 is 11.3 Å². The second-order valence-electron chi connectivity index (χ2n) is 8.96. The Hall–Kier alpha value is -3.13. The van der Waals surface area contributed by atoms with Gasteiger partial charge in [0.15, 0.2) is 0 Å². The molecule has 1 unspecified atom stereocenters. The maximum absolute atomic E-state index is 13.3. The van der Waals surface area contributed by atoms with Gasteiger partial charge in [-0.25, -0.2) is 0 Å². The lowest BCUT2D eigenvalue weighted by atomic mass is 9.92. The molecule has 3 aromatic rings. The highest BCUT2D eigenvalue weighted by Crippen LogP contribution is 2.38. The molecule has 1 aromatic heterocycles. The van der Waals surface area contributed by atoms with Crippen LogP contribution in [-0.2, 0) is 35.2 Å². The molecule has 1 atom stereocenters. The SMILES string of the molecule is O=C(CCC(=O)N1CCc2sccc2C1c1ccccc1)N1CCc2c(cccc2C(F)(F)F)C1. The van der Waals surface area contributed by atoms with Gasteiger partial charge in [0, 0.05) is 37.4 Å². The van der Waals surface area contributed by atoms with Crippen molar-refractivity contribution in [2.75, 3.05) is 13.1 Å². The molecule has 2 amide bonds. The molecular formula is C27H25F3N2O2S.